The lowest BCUT2D eigenvalue weighted by Crippen LogP contribution is -2.06. The Labute approximate surface area is 79.2 Å². The molecule has 13 heavy (non-hydrogen) atoms. The van der Waals surface area contributed by atoms with Gasteiger partial charge in [0.05, 0.1) is 0 Å². The van der Waals surface area contributed by atoms with Crippen LogP contribution in [-0.4, -0.2) is 14.8 Å². The van der Waals surface area contributed by atoms with Gasteiger partial charge in [-0.2, -0.15) is 0 Å². The highest BCUT2D eigenvalue weighted by atomic mass is 15.3. The number of rotatable bonds is 4. The van der Waals surface area contributed by atoms with Gasteiger partial charge in [0, 0.05) is 12.5 Å². The number of hydrogen-bond acceptors (Lipinski definition) is 2. The Bertz CT molecular complexity index is 275. The normalized spacial score (nSPS) is 18.9. The molecule has 1 aliphatic carbocycles. The van der Waals surface area contributed by atoms with E-state index in [4.69, 9.17) is 0 Å². The molecule has 0 bridgehead atoms. The van der Waals surface area contributed by atoms with Gasteiger partial charge in [0.2, 0.25) is 0 Å². The zero-order valence-electron chi connectivity index (χ0n) is 8.40. The summed E-state index contributed by atoms with van der Waals surface area (Å²) >= 11 is 0. The van der Waals surface area contributed by atoms with Crippen LogP contribution in [0.5, 0.6) is 0 Å². The number of hydrogen-bond donors (Lipinski definition) is 0. The Kier molecular flexibility index (Phi) is 2.34. The Morgan fingerprint density at radius 3 is 3.00 bits per heavy atom. The van der Waals surface area contributed by atoms with Crippen molar-refractivity contribution in [2.45, 2.75) is 45.6 Å². The molecule has 0 amide bonds. The minimum atomic E-state index is 0.717. The SMILES string of the molecule is CCC(C)Cc1nncn1C1CC1. The molecule has 1 unspecified atom stereocenters. The van der Waals surface area contributed by atoms with Crippen molar-refractivity contribution in [2.24, 2.45) is 5.92 Å². The maximum Gasteiger partial charge on any atom is 0.133 e. The van der Waals surface area contributed by atoms with E-state index in [0.717, 1.165) is 12.3 Å². The number of nitrogens with zero attached hydrogens (tertiary/aromatic N) is 3. The minimum Gasteiger partial charge on any atom is -0.314 e. The van der Waals surface area contributed by atoms with E-state index in [1.807, 2.05) is 6.33 Å². The first-order valence-corrected chi connectivity index (χ1v) is 5.19. The first-order chi connectivity index (χ1) is 6.31. The van der Waals surface area contributed by atoms with Crippen molar-refractivity contribution in [3.8, 4) is 0 Å². The highest BCUT2D eigenvalue weighted by Gasteiger charge is 2.26. The molecular weight excluding hydrogens is 162 g/mol. The van der Waals surface area contributed by atoms with Gasteiger partial charge in [-0.15, -0.1) is 10.2 Å². The zero-order chi connectivity index (χ0) is 9.26. The van der Waals surface area contributed by atoms with E-state index in [1.54, 1.807) is 0 Å². The van der Waals surface area contributed by atoms with Crippen LogP contribution in [0.4, 0.5) is 0 Å². The average molecular weight is 179 g/mol. The molecule has 1 saturated carbocycles. The molecule has 1 aliphatic rings. The van der Waals surface area contributed by atoms with Crippen molar-refractivity contribution < 1.29 is 0 Å². The van der Waals surface area contributed by atoms with Gasteiger partial charge >= 0.3 is 0 Å². The van der Waals surface area contributed by atoms with Crippen LogP contribution in [0, 0.1) is 5.92 Å². The second-order valence-electron chi connectivity index (χ2n) is 4.10. The Morgan fingerprint density at radius 1 is 1.62 bits per heavy atom. The average Bonchev–Trinajstić information content (AvgIpc) is 2.88. The van der Waals surface area contributed by atoms with E-state index in [1.165, 1.54) is 25.1 Å². The Balaban J connectivity index is 2.05. The maximum absolute atomic E-state index is 4.18. The van der Waals surface area contributed by atoms with Crippen LogP contribution in [0.3, 0.4) is 0 Å². The predicted octanol–water partition coefficient (Wildman–Crippen LogP) is 2.20. The molecule has 1 atom stereocenters. The molecule has 0 N–H and O–H groups in total. The Hall–Kier alpha value is -0.860. The van der Waals surface area contributed by atoms with Crippen molar-refractivity contribution >= 4 is 0 Å². The molecule has 1 aromatic rings. The van der Waals surface area contributed by atoms with Gasteiger partial charge in [-0.3, -0.25) is 0 Å². The van der Waals surface area contributed by atoms with Crippen LogP contribution in [0.25, 0.3) is 0 Å². The molecular formula is C10H17N3. The smallest absolute Gasteiger partial charge is 0.133 e. The molecule has 0 aromatic carbocycles. The monoisotopic (exact) mass is 179 g/mol. The second kappa shape index (κ2) is 3.48. The molecule has 1 heterocycles. The largest absolute Gasteiger partial charge is 0.314 e. The fourth-order valence-corrected chi connectivity index (χ4v) is 1.53. The quantitative estimate of drug-likeness (QED) is 0.709. The molecule has 0 radical (unpaired) electrons. The summed E-state index contributed by atoms with van der Waals surface area (Å²) in [5.41, 5.74) is 0. The summed E-state index contributed by atoms with van der Waals surface area (Å²) in [7, 11) is 0. The summed E-state index contributed by atoms with van der Waals surface area (Å²) in [5, 5.41) is 8.16. The van der Waals surface area contributed by atoms with Gasteiger partial charge in [0.1, 0.15) is 12.2 Å². The lowest BCUT2D eigenvalue weighted by Gasteiger charge is -2.08. The molecule has 2 rings (SSSR count). The predicted molar refractivity (Wildman–Crippen MR) is 51.5 cm³/mol. The summed E-state index contributed by atoms with van der Waals surface area (Å²) < 4.78 is 2.26. The van der Waals surface area contributed by atoms with Crippen molar-refractivity contribution in [3.63, 3.8) is 0 Å². The lowest BCUT2D eigenvalue weighted by molar-refractivity contribution is 0.521. The summed E-state index contributed by atoms with van der Waals surface area (Å²) in [6.45, 7) is 4.49. The first kappa shape index (κ1) is 8.73. The van der Waals surface area contributed by atoms with E-state index < -0.39 is 0 Å². The molecule has 3 heteroatoms. The van der Waals surface area contributed by atoms with E-state index >= 15 is 0 Å². The Morgan fingerprint density at radius 2 is 2.38 bits per heavy atom. The van der Waals surface area contributed by atoms with Gasteiger partial charge < -0.3 is 4.57 Å². The van der Waals surface area contributed by atoms with E-state index in [9.17, 15) is 0 Å². The van der Waals surface area contributed by atoms with Crippen LogP contribution in [0.15, 0.2) is 6.33 Å². The van der Waals surface area contributed by atoms with Crippen molar-refractivity contribution in [1.29, 1.82) is 0 Å². The van der Waals surface area contributed by atoms with Crippen molar-refractivity contribution in [1.82, 2.24) is 14.8 Å². The van der Waals surface area contributed by atoms with Gasteiger partial charge in [-0.25, -0.2) is 0 Å². The van der Waals surface area contributed by atoms with Crippen LogP contribution in [0.1, 0.15) is 45.0 Å². The highest BCUT2D eigenvalue weighted by molar-refractivity contribution is 4.95. The molecule has 0 aliphatic heterocycles. The van der Waals surface area contributed by atoms with Crippen LogP contribution in [-0.2, 0) is 6.42 Å². The number of aromatic nitrogens is 3. The molecule has 0 spiro atoms. The van der Waals surface area contributed by atoms with E-state index in [0.29, 0.717) is 6.04 Å². The summed E-state index contributed by atoms with van der Waals surface area (Å²) in [6, 6.07) is 0.717. The van der Waals surface area contributed by atoms with E-state index in [-0.39, 0.29) is 0 Å². The fourth-order valence-electron chi connectivity index (χ4n) is 1.53. The van der Waals surface area contributed by atoms with Crippen molar-refractivity contribution in [3.05, 3.63) is 12.2 Å². The summed E-state index contributed by atoms with van der Waals surface area (Å²) in [6.07, 6.45) is 6.80. The molecule has 3 nitrogen and oxygen atoms in total. The van der Waals surface area contributed by atoms with Gasteiger partial charge in [0.15, 0.2) is 0 Å². The van der Waals surface area contributed by atoms with Crippen molar-refractivity contribution in [2.75, 3.05) is 0 Å². The lowest BCUT2D eigenvalue weighted by atomic mass is 10.1. The summed E-state index contributed by atoms with van der Waals surface area (Å²) in [5.74, 6) is 1.90. The molecule has 1 fully saturated rings. The second-order valence-corrected chi connectivity index (χ2v) is 4.10. The maximum atomic E-state index is 4.18. The van der Waals surface area contributed by atoms with Crippen LogP contribution < -0.4 is 0 Å². The standard InChI is InChI=1S/C10H17N3/c1-3-8(2)6-10-12-11-7-13(10)9-4-5-9/h7-9H,3-6H2,1-2H3. The van der Waals surface area contributed by atoms with Gasteiger partial charge in [-0.1, -0.05) is 20.3 Å². The van der Waals surface area contributed by atoms with Crippen LogP contribution >= 0.6 is 0 Å². The third kappa shape index (κ3) is 1.90. The first-order valence-electron chi connectivity index (χ1n) is 5.19. The third-order valence-corrected chi connectivity index (χ3v) is 2.82. The molecule has 0 saturated heterocycles. The fraction of sp³-hybridized carbons (Fsp3) is 0.800. The molecule has 72 valence electrons. The summed E-state index contributed by atoms with van der Waals surface area (Å²) in [4.78, 5) is 0. The minimum absolute atomic E-state index is 0.717. The third-order valence-electron chi connectivity index (χ3n) is 2.82. The molecule has 1 aromatic heterocycles. The topological polar surface area (TPSA) is 30.7 Å². The van der Waals surface area contributed by atoms with Gasteiger partial charge in [0.25, 0.3) is 0 Å². The zero-order valence-corrected chi connectivity index (χ0v) is 8.40. The van der Waals surface area contributed by atoms with Gasteiger partial charge in [-0.05, 0) is 18.8 Å². The van der Waals surface area contributed by atoms with E-state index in [2.05, 4.69) is 28.6 Å². The highest BCUT2D eigenvalue weighted by Crippen LogP contribution is 2.35. The van der Waals surface area contributed by atoms with Crippen LogP contribution in [0.2, 0.25) is 0 Å².